The van der Waals surface area contributed by atoms with E-state index in [-0.39, 0.29) is 12.1 Å². The average molecular weight is 288 g/mol. The van der Waals surface area contributed by atoms with Gasteiger partial charge < -0.3 is 21.1 Å². The van der Waals surface area contributed by atoms with Gasteiger partial charge in [-0.3, -0.25) is 0 Å². The van der Waals surface area contributed by atoms with Crippen molar-refractivity contribution < 1.29 is 4.74 Å². The highest BCUT2D eigenvalue weighted by molar-refractivity contribution is 5.89. The zero-order valence-electron chi connectivity index (χ0n) is 12.5. The van der Waals surface area contributed by atoms with Crippen molar-refractivity contribution in [3.8, 4) is 0 Å². The lowest BCUT2D eigenvalue weighted by molar-refractivity contribution is 0.111. The molecule has 0 bridgehead atoms. The van der Waals surface area contributed by atoms with Crippen LogP contribution in [0.3, 0.4) is 0 Å². The quantitative estimate of drug-likeness (QED) is 0.761. The van der Waals surface area contributed by atoms with Crippen molar-refractivity contribution in [2.75, 3.05) is 31.2 Å². The van der Waals surface area contributed by atoms with E-state index in [0.717, 1.165) is 29.7 Å². The zero-order chi connectivity index (χ0) is 15.0. The summed E-state index contributed by atoms with van der Waals surface area (Å²) in [6, 6.07) is 2.11. The number of ether oxygens (including phenoxy) is 1. The highest BCUT2D eigenvalue weighted by atomic mass is 16.5. The van der Waals surface area contributed by atoms with Crippen LogP contribution in [0, 0.1) is 13.8 Å². The van der Waals surface area contributed by atoms with Crippen molar-refractivity contribution >= 4 is 22.8 Å². The van der Waals surface area contributed by atoms with Gasteiger partial charge >= 0.3 is 0 Å². The van der Waals surface area contributed by atoms with Gasteiger partial charge in [0.15, 0.2) is 5.65 Å². The van der Waals surface area contributed by atoms with Crippen molar-refractivity contribution in [2.45, 2.75) is 26.0 Å². The van der Waals surface area contributed by atoms with Crippen molar-refractivity contribution in [2.24, 2.45) is 0 Å². The van der Waals surface area contributed by atoms with E-state index in [1.807, 2.05) is 19.9 Å². The second-order valence-corrected chi connectivity index (χ2v) is 5.39. The minimum Gasteiger partial charge on any atom is -0.383 e. The zero-order valence-corrected chi connectivity index (χ0v) is 12.5. The van der Waals surface area contributed by atoms with Crippen molar-refractivity contribution in [3.05, 3.63) is 17.3 Å². The second kappa shape index (κ2) is 5.42. The number of nitrogens with zero attached hydrogens (tertiary/aromatic N) is 3. The molecular weight excluding hydrogens is 268 g/mol. The molecule has 1 aliphatic heterocycles. The predicted octanol–water partition coefficient (Wildman–Crippen LogP) is 0.623. The first-order chi connectivity index (χ1) is 10.1. The van der Waals surface area contributed by atoms with Crippen LogP contribution >= 0.6 is 0 Å². The maximum absolute atomic E-state index is 6.07. The van der Waals surface area contributed by atoms with Crippen LogP contribution < -0.4 is 16.4 Å². The molecule has 4 N–H and O–H groups in total. The minimum atomic E-state index is 0.0951. The average Bonchev–Trinajstić information content (AvgIpc) is 2.84. The molecule has 1 fully saturated rings. The van der Waals surface area contributed by atoms with Gasteiger partial charge in [0, 0.05) is 25.9 Å². The number of hydrogen-bond acceptors (Lipinski definition) is 7. The Kier molecular flexibility index (Phi) is 3.60. The number of aryl methyl sites for hydroxylation is 2. The molecule has 0 aromatic carbocycles. The normalized spacial score (nSPS) is 21.9. The molecule has 0 amide bonds. The van der Waals surface area contributed by atoms with Crippen LogP contribution in [-0.2, 0) is 4.74 Å². The van der Waals surface area contributed by atoms with Crippen LogP contribution in [0.5, 0.6) is 0 Å². The fourth-order valence-corrected chi connectivity index (χ4v) is 2.79. The number of aromatic nitrogens is 3. The lowest BCUT2D eigenvalue weighted by Gasteiger charge is -2.19. The van der Waals surface area contributed by atoms with E-state index in [1.165, 1.54) is 0 Å². The molecule has 21 heavy (non-hydrogen) atoms. The van der Waals surface area contributed by atoms with E-state index in [4.69, 9.17) is 10.5 Å². The number of hydrogen-bond donors (Lipinski definition) is 3. The summed E-state index contributed by atoms with van der Waals surface area (Å²) in [6.45, 7) is 5.55. The number of rotatable bonds is 3. The van der Waals surface area contributed by atoms with Crippen LogP contribution in [0.1, 0.15) is 11.3 Å². The first kappa shape index (κ1) is 14.0. The monoisotopic (exact) mass is 288 g/mol. The van der Waals surface area contributed by atoms with Gasteiger partial charge in [-0.25, -0.2) is 4.98 Å². The van der Waals surface area contributed by atoms with E-state index >= 15 is 0 Å². The summed E-state index contributed by atoms with van der Waals surface area (Å²) in [5.74, 6) is 0.945. The number of nitrogens with one attached hydrogen (secondary N) is 2. The maximum atomic E-state index is 6.07. The van der Waals surface area contributed by atoms with Gasteiger partial charge in [-0.05, 0) is 25.5 Å². The molecule has 0 radical (unpaired) electrons. The predicted molar refractivity (Wildman–Crippen MR) is 82.3 cm³/mol. The standard InChI is InChI=1S/C14H20N6O/c1-7-4-8(2)17-13-11(7)12(15)19-14(20-13)18-9-5-16-6-10(9)21-3/h4,9-10,16H,5-6H2,1-3H3,(H3,15,17,18,19,20)/t9-,10-/m0/s1. The lowest BCUT2D eigenvalue weighted by atomic mass is 10.1. The van der Waals surface area contributed by atoms with Crippen molar-refractivity contribution in [3.63, 3.8) is 0 Å². The van der Waals surface area contributed by atoms with E-state index in [1.54, 1.807) is 7.11 Å². The number of methoxy groups -OCH3 is 1. The molecule has 0 unspecified atom stereocenters. The van der Waals surface area contributed by atoms with E-state index < -0.39 is 0 Å². The molecule has 2 aromatic rings. The third kappa shape index (κ3) is 2.62. The third-order valence-electron chi connectivity index (χ3n) is 3.80. The summed E-state index contributed by atoms with van der Waals surface area (Å²) < 4.78 is 5.42. The van der Waals surface area contributed by atoms with Gasteiger partial charge in [0.05, 0.1) is 17.5 Å². The van der Waals surface area contributed by atoms with Gasteiger partial charge in [0.1, 0.15) is 5.82 Å². The summed E-state index contributed by atoms with van der Waals surface area (Å²) in [5, 5.41) is 7.38. The Hall–Kier alpha value is -1.99. The topological polar surface area (TPSA) is 98.0 Å². The molecule has 2 atom stereocenters. The Morgan fingerprint density at radius 3 is 2.86 bits per heavy atom. The van der Waals surface area contributed by atoms with Crippen LogP contribution in [0.2, 0.25) is 0 Å². The Labute approximate surface area is 123 Å². The molecule has 0 spiro atoms. The fourth-order valence-electron chi connectivity index (χ4n) is 2.79. The number of nitrogen functional groups attached to an aromatic ring is 1. The largest absolute Gasteiger partial charge is 0.383 e. The van der Waals surface area contributed by atoms with E-state index in [0.29, 0.717) is 17.4 Å². The van der Waals surface area contributed by atoms with E-state index in [9.17, 15) is 0 Å². The molecule has 7 heteroatoms. The summed E-state index contributed by atoms with van der Waals surface area (Å²) in [6.07, 6.45) is 0.0951. The van der Waals surface area contributed by atoms with Gasteiger partial charge in [-0.1, -0.05) is 0 Å². The van der Waals surface area contributed by atoms with Gasteiger partial charge in [0.2, 0.25) is 5.95 Å². The van der Waals surface area contributed by atoms with Gasteiger partial charge in [0.25, 0.3) is 0 Å². The lowest BCUT2D eigenvalue weighted by Crippen LogP contribution is -2.34. The molecule has 0 saturated carbocycles. The van der Waals surface area contributed by atoms with E-state index in [2.05, 4.69) is 25.6 Å². The molecule has 3 rings (SSSR count). The van der Waals surface area contributed by atoms with Gasteiger partial charge in [-0.2, -0.15) is 9.97 Å². The van der Waals surface area contributed by atoms with Gasteiger partial charge in [-0.15, -0.1) is 0 Å². The highest BCUT2D eigenvalue weighted by Crippen LogP contribution is 2.23. The Balaban J connectivity index is 1.97. The summed E-state index contributed by atoms with van der Waals surface area (Å²) in [4.78, 5) is 13.3. The fraction of sp³-hybridized carbons (Fsp3) is 0.500. The molecule has 2 aromatic heterocycles. The summed E-state index contributed by atoms with van der Waals surface area (Å²) in [5.41, 5.74) is 8.66. The highest BCUT2D eigenvalue weighted by Gasteiger charge is 2.27. The first-order valence-corrected chi connectivity index (χ1v) is 7.00. The molecular formula is C14H20N6O. The van der Waals surface area contributed by atoms with Crippen LogP contribution in [0.15, 0.2) is 6.07 Å². The minimum absolute atomic E-state index is 0.0951. The number of pyridine rings is 1. The summed E-state index contributed by atoms with van der Waals surface area (Å²) >= 11 is 0. The smallest absolute Gasteiger partial charge is 0.227 e. The summed E-state index contributed by atoms with van der Waals surface area (Å²) in [7, 11) is 1.70. The molecule has 3 heterocycles. The van der Waals surface area contributed by atoms with Crippen LogP contribution in [0.4, 0.5) is 11.8 Å². The molecule has 112 valence electrons. The molecule has 1 saturated heterocycles. The maximum Gasteiger partial charge on any atom is 0.227 e. The first-order valence-electron chi connectivity index (χ1n) is 7.00. The molecule has 1 aliphatic rings. The van der Waals surface area contributed by atoms with Crippen LogP contribution in [-0.4, -0.2) is 47.3 Å². The second-order valence-electron chi connectivity index (χ2n) is 5.39. The van der Waals surface area contributed by atoms with Crippen LogP contribution in [0.25, 0.3) is 11.0 Å². The third-order valence-corrected chi connectivity index (χ3v) is 3.80. The Morgan fingerprint density at radius 2 is 2.10 bits per heavy atom. The molecule has 0 aliphatic carbocycles. The van der Waals surface area contributed by atoms with Crippen molar-refractivity contribution in [1.82, 2.24) is 20.3 Å². The number of anilines is 2. The number of nitrogens with two attached hydrogens (primary N) is 1. The van der Waals surface area contributed by atoms with Crippen molar-refractivity contribution in [1.29, 1.82) is 0 Å². The Morgan fingerprint density at radius 1 is 1.29 bits per heavy atom. The SMILES string of the molecule is CO[C@H]1CNC[C@@H]1Nc1nc(N)c2c(C)cc(C)nc2n1. The Bertz CT molecular complexity index is 674. The number of fused-ring (bicyclic) bond motifs is 1. The molecule has 7 nitrogen and oxygen atoms in total.